The average molecular weight is 493 g/mol. The van der Waals surface area contributed by atoms with Crippen LogP contribution in [0.1, 0.15) is 22.3 Å². The maximum Gasteiger partial charge on any atom is 0.273 e. The van der Waals surface area contributed by atoms with Gasteiger partial charge in [-0.05, 0) is 45.8 Å². The van der Waals surface area contributed by atoms with E-state index in [1.54, 1.807) is 42.5 Å². The highest BCUT2D eigenvalue weighted by Gasteiger charge is 2.15. The summed E-state index contributed by atoms with van der Waals surface area (Å²) in [7, 11) is 0. The summed E-state index contributed by atoms with van der Waals surface area (Å²) < 4.78 is 6.48. The lowest BCUT2D eigenvalue weighted by molar-refractivity contribution is -0.385. The number of nitrogens with zero attached hydrogens (tertiary/aromatic N) is 3. The topological polar surface area (TPSA) is 118 Å². The molecule has 0 aromatic heterocycles. The number of amides is 1. The van der Waals surface area contributed by atoms with Gasteiger partial charge in [0, 0.05) is 17.2 Å². The average Bonchev–Trinajstić information content (AvgIpc) is 2.79. The van der Waals surface area contributed by atoms with Crippen molar-refractivity contribution < 1.29 is 14.5 Å². The summed E-state index contributed by atoms with van der Waals surface area (Å²) in [5.74, 6) is 0.126. The molecule has 32 heavy (non-hydrogen) atoms. The van der Waals surface area contributed by atoms with E-state index >= 15 is 0 Å². The van der Waals surface area contributed by atoms with E-state index in [9.17, 15) is 14.9 Å². The van der Waals surface area contributed by atoms with Crippen LogP contribution in [-0.4, -0.2) is 17.0 Å². The van der Waals surface area contributed by atoms with Crippen molar-refractivity contribution in [3.63, 3.8) is 0 Å². The molecule has 0 unspecified atom stereocenters. The van der Waals surface area contributed by atoms with Gasteiger partial charge in [0.05, 0.1) is 33.7 Å². The van der Waals surface area contributed by atoms with Gasteiger partial charge in [-0.2, -0.15) is 10.4 Å². The molecule has 0 aliphatic carbocycles. The van der Waals surface area contributed by atoms with Gasteiger partial charge in [-0.3, -0.25) is 14.9 Å². The number of hydrogen-bond donors (Lipinski definition) is 1. The summed E-state index contributed by atoms with van der Waals surface area (Å²) in [6.45, 7) is 0.247. The predicted molar refractivity (Wildman–Crippen MR) is 122 cm³/mol. The molecule has 9 heteroatoms. The number of halogens is 1. The molecular formula is C23H17BrN4O4. The molecule has 1 N–H and O–H groups in total. The minimum Gasteiger partial charge on any atom is -0.488 e. The quantitative estimate of drug-likeness (QED) is 0.282. The number of hydrazone groups is 1. The molecule has 1 amide bonds. The molecule has 0 heterocycles. The highest BCUT2D eigenvalue weighted by Crippen LogP contribution is 2.26. The third-order valence-corrected chi connectivity index (χ3v) is 5.04. The van der Waals surface area contributed by atoms with E-state index in [0.29, 0.717) is 26.9 Å². The summed E-state index contributed by atoms with van der Waals surface area (Å²) in [4.78, 5) is 22.6. The van der Waals surface area contributed by atoms with Crippen molar-refractivity contribution in [2.24, 2.45) is 5.10 Å². The molecule has 0 spiro atoms. The predicted octanol–water partition coefficient (Wildman–Crippen LogP) is 4.50. The molecule has 3 aromatic rings. The monoisotopic (exact) mass is 492 g/mol. The Hall–Kier alpha value is -4.03. The van der Waals surface area contributed by atoms with Crippen molar-refractivity contribution in [3.05, 3.63) is 104 Å². The van der Waals surface area contributed by atoms with E-state index in [-0.39, 0.29) is 18.7 Å². The minimum atomic E-state index is -0.522. The first kappa shape index (κ1) is 22.7. The van der Waals surface area contributed by atoms with Crippen molar-refractivity contribution in [2.45, 2.75) is 13.0 Å². The number of nitro benzene ring substituents is 1. The number of nitrogens with one attached hydrogen (secondary N) is 1. The lowest BCUT2D eigenvalue weighted by Crippen LogP contribution is -2.20. The fraction of sp³-hybridized carbons (Fsp3) is 0.0870. The fourth-order valence-corrected chi connectivity index (χ4v) is 3.37. The van der Waals surface area contributed by atoms with Gasteiger partial charge in [-0.25, -0.2) is 5.43 Å². The first-order valence-corrected chi connectivity index (χ1v) is 10.2. The zero-order chi connectivity index (χ0) is 22.9. The smallest absolute Gasteiger partial charge is 0.273 e. The molecule has 0 atom stereocenters. The van der Waals surface area contributed by atoms with Crippen LogP contribution in [-0.2, 0) is 17.8 Å². The Morgan fingerprint density at radius 2 is 1.88 bits per heavy atom. The Balaban J connectivity index is 1.58. The van der Waals surface area contributed by atoms with Crippen molar-refractivity contribution >= 4 is 33.7 Å². The van der Waals surface area contributed by atoms with E-state index in [1.165, 1.54) is 18.3 Å². The molecule has 3 aromatic carbocycles. The van der Waals surface area contributed by atoms with Crippen LogP contribution in [0.5, 0.6) is 5.75 Å². The Morgan fingerprint density at radius 1 is 1.16 bits per heavy atom. The lowest BCUT2D eigenvalue weighted by Gasteiger charge is -2.10. The molecule has 0 aliphatic heterocycles. The highest BCUT2D eigenvalue weighted by molar-refractivity contribution is 9.10. The third kappa shape index (κ3) is 6.00. The van der Waals surface area contributed by atoms with Crippen LogP contribution in [0.25, 0.3) is 0 Å². The largest absolute Gasteiger partial charge is 0.488 e. The summed E-state index contributed by atoms with van der Waals surface area (Å²) >= 11 is 3.44. The SMILES string of the molecule is N#Cc1ccccc1COc1ccc(/C=N/NC(=O)Cc2ccccc2[N+](=O)[O-])cc1Br. The van der Waals surface area contributed by atoms with Crippen LogP contribution in [0.15, 0.2) is 76.3 Å². The van der Waals surface area contributed by atoms with Crippen molar-refractivity contribution in [1.82, 2.24) is 5.43 Å². The number of carbonyl (C=O) groups is 1. The zero-order valence-corrected chi connectivity index (χ0v) is 18.3. The summed E-state index contributed by atoms with van der Waals surface area (Å²) in [5, 5.41) is 24.1. The van der Waals surface area contributed by atoms with Gasteiger partial charge in [0.15, 0.2) is 0 Å². The Bertz CT molecular complexity index is 1220. The molecule has 0 saturated carbocycles. The molecule has 8 nitrogen and oxygen atoms in total. The summed E-state index contributed by atoms with van der Waals surface area (Å²) in [6, 6.07) is 20.7. The Morgan fingerprint density at radius 3 is 2.59 bits per heavy atom. The standard InChI is InChI=1S/C23H17BrN4O4/c24-20-11-16(9-10-22(20)32-15-19-7-2-1-6-18(19)13-25)14-26-27-23(29)12-17-5-3-4-8-21(17)28(30)31/h1-11,14H,12,15H2,(H,27,29)/b26-14+. The van der Waals surface area contributed by atoms with E-state index in [4.69, 9.17) is 10.00 Å². The van der Waals surface area contributed by atoms with Crippen LogP contribution in [0.2, 0.25) is 0 Å². The molecule has 0 saturated heterocycles. The normalized spacial score (nSPS) is 10.5. The van der Waals surface area contributed by atoms with E-state index in [1.807, 2.05) is 12.1 Å². The second-order valence-electron chi connectivity index (χ2n) is 6.60. The van der Waals surface area contributed by atoms with Gasteiger partial charge in [0.1, 0.15) is 12.4 Å². The number of benzene rings is 3. The number of ether oxygens (including phenoxy) is 1. The lowest BCUT2D eigenvalue weighted by atomic mass is 10.1. The molecule has 160 valence electrons. The van der Waals surface area contributed by atoms with Gasteiger partial charge in [-0.15, -0.1) is 0 Å². The van der Waals surface area contributed by atoms with Crippen molar-refractivity contribution in [3.8, 4) is 11.8 Å². The number of para-hydroxylation sites is 1. The molecule has 0 radical (unpaired) electrons. The van der Waals surface area contributed by atoms with E-state index in [0.717, 1.165) is 5.56 Å². The summed E-state index contributed by atoms with van der Waals surface area (Å²) in [6.07, 6.45) is 1.30. The number of nitro groups is 1. The van der Waals surface area contributed by atoms with Crippen LogP contribution in [0.4, 0.5) is 5.69 Å². The second kappa shape index (κ2) is 10.8. The van der Waals surface area contributed by atoms with Crippen LogP contribution < -0.4 is 10.2 Å². The first-order chi connectivity index (χ1) is 15.5. The molecule has 0 fully saturated rings. The van der Waals surface area contributed by atoms with Gasteiger partial charge < -0.3 is 4.74 Å². The van der Waals surface area contributed by atoms with Crippen molar-refractivity contribution in [1.29, 1.82) is 5.26 Å². The number of carbonyl (C=O) groups excluding carboxylic acids is 1. The number of nitriles is 1. The number of hydrogen-bond acceptors (Lipinski definition) is 6. The molecule has 0 aliphatic rings. The van der Waals surface area contributed by atoms with Crippen LogP contribution in [0, 0.1) is 21.4 Å². The van der Waals surface area contributed by atoms with Gasteiger partial charge >= 0.3 is 0 Å². The molecule has 3 rings (SSSR count). The highest BCUT2D eigenvalue weighted by atomic mass is 79.9. The van der Waals surface area contributed by atoms with E-state index in [2.05, 4.69) is 32.5 Å². The maximum absolute atomic E-state index is 12.1. The molecule has 0 bridgehead atoms. The Labute approximate surface area is 192 Å². The van der Waals surface area contributed by atoms with Gasteiger partial charge in [0.25, 0.3) is 5.69 Å². The minimum absolute atomic E-state index is 0.108. The third-order valence-electron chi connectivity index (χ3n) is 4.42. The Kier molecular flexibility index (Phi) is 7.67. The summed E-state index contributed by atoms with van der Waals surface area (Å²) in [5.41, 5.74) is 4.62. The maximum atomic E-state index is 12.1. The van der Waals surface area contributed by atoms with Crippen LogP contribution in [0.3, 0.4) is 0 Å². The first-order valence-electron chi connectivity index (χ1n) is 9.42. The zero-order valence-electron chi connectivity index (χ0n) is 16.7. The van der Waals surface area contributed by atoms with Gasteiger partial charge in [-0.1, -0.05) is 36.4 Å². The van der Waals surface area contributed by atoms with Gasteiger partial charge in [0.2, 0.25) is 5.91 Å². The van der Waals surface area contributed by atoms with Crippen LogP contribution >= 0.6 is 15.9 Å². The van der Waals surface area contributed by atoms with E-state index < -0.39 is 10.8 Å². The second-order valence-corrected chi connectivity index (χ2v) is 7.46. The van der Waals surface area contributed by atoms with Crippen molar-refractivity contribution in [2.75, 3.05) is 0 Å². The number of rotatable bonds is 8. The fourth-order valence-electron chi connectivity index (χ4n) is 2.85. The molecular weight excluding hydrogens is 476 g/mol.